The summed E-state index contributed by atoms with van der Waals surface area (Å²) in [6.07, 6.45) is 0.964. The molecule has 0 aliphatic carbocycles. The van der Waals surface area contributed by atoms with E-state index in [4.69, 9.17) is 16.3 Å². The van der Waals surface area contributed by atoms with Crippen LogP contribution in [0.3, 0.4) is 0 Å². The number of ether oxygens (including phenoxy) is 1. The molecule has 0 unspecified atom stereocenters. The van der Waals surface area contributed by atoms with Gasteiger partial charge in [-0.05, 0) is 41.9 Å². The first-order valence-corrected chi connectivity index (χ1v) is 6.07. The molecule has 0 saturated heterocycles. The lowest BCUT2D eigenvalue weighted by molar-refractivity contribution is 0.107. The van der Waals surface area contributed by atoms with Crippen molar-refractivity contribution < 1.29 is 4.74 Å². The molecule has 2 rings (SSSR count). The molecule has 0 spiro atoms. The van der Waals surface area contributed by atoms with Gasteiger partial charge in [-0.2, -0.15) is 0 Å². The molecular formula is C11H13BrClNO. The second-order valence-electron chi connectivity index (χ2n) is 4.30. The van der Waals surface area contributed by atoms with E-state index >= 15 is 0 Å². The van der Waals surface area contributed by atoms with Crippen LogP contribution in [0.2, 0.25) is 5.02 Å². The third-order valence-electron chi connectivity index (χ3n) is 2.43. The van der Waals surface area contributed by atoms with Crippen molar-refractivity contribution in [2.24, 2.45) is 0 Å². The van der Waals surface area contributed by atoms with Crippen LogP contribution in [0.4, 0.5) is 5.69 Å². The Morgan fingerprint density at radius 2 is 2.20 bits per heavy atom. The van der Waals surface area contributed by atoms with E-state index in [1.54, 1.807) is 0 Å². The maximum absolute atomic E-state index is 5.98. The lowest BCUT2D eigenvalue weighted by atomic mass is 10.1. The lowest BCUT2D eigenvalue weighted by Crippen LogP contribution is -2.28. The third-order valence-corrected chi connectivity index (χ3v) is 3.24. The van der Waals surface area contributed by atoms with Gasteiger partial charge in [0.2, 0.25) is 0 Å². The normalized spacial score (nSPS) is 18.4. The molecule has 0 fully saturated rings. The van der Waals surface area contributed by atoms with Crippen LogP contribution in [-0.2, 0) is 0 Å². The van der Waals surface area contributed by atoms with Crippen LogP contribution >= 0.6 is 27.5 Å². The first-order valence-electron chi connectivity index (χ1n) is 4.90. The Kier molecular flexibility index (Phi) is 2.86. The maximum Gasteiger partial charge on any atom is 0.157 e. The summed E-state index contributed by atoms with van der Waals surface area (Å²) in [5.74, 6) is 0.849. The van der Waals surface area contributed by atoms with Crippen molar-refractivity contribution in [2.75, 3.05) is 11.9 Å². The SMILES string of the molecule is CC1(C)CCNc2cc(Cl)cc(Br)c2O1. The average molecular weight is 291 g/mol. The monoisotopic (exact) mass is 289 g/mol. The molecule has 1 aromatic carbocycles. The van der Waals surface area contributed by atoms with Crippen LogP contribution in [0, 0.1) is 0 Å². The number of nitrogens with one attached hydrogen (secondary N) is 1. The fraction of sp³-hybridized carbons (Fsp3) is 0.455. The molecule has 1 heterocycles. The Bertz CT molecular complexity index is 392. The Labute approximate surface area is 103 Å². The highest BCUT2D eigenvalue weighted by Gasteiger charge is 2.25. The van der Waals surface area contributed by atoms with Gasteiger partial charge in [-0.3, -0.25) is 0 Å². The molecule has 1 aromatic rings. The van der Waals surface area contributed by atoms with E-state index in [2.05, 4.69) is 35.1 Å². The maximum atomic E-state index is 5.98. The molecule has 82 valence electrons. The highest BCUT2D eigenvalue weighted by atomic mass is 79.9. The van der Waals surface area contributed by atoms with E-state index in [1.807, 2.05) is 12.1 Å². The molecule has 0 amide bonds. The van der Waals surface area contributed by atoms with Crippen LogP contribution < -0.4 is 10.1 Å². The summed E-state index contributed by atoms with van der Waals surface area (Å²) in [6, 6.07) is 3.74. The number of fused-ring (bicyclic) bond motifs is 1. The van der Waals surface area contributed by atoms with Gasteiger partial charge in [-0.25, -0.2) is 0 Å². The predicted molar refractivity (Wildman–Crippen MR) is 67.0 cm³/mol. The summed E-state index contributed by atoms with van der Waals surface area (Å²) in [5, 5.41) is 4.03. The van der Waals surface area contributed by atoms with Crippen molar-refractivity contribution in [3.05, 3.63) is 21.6 Å². The number of hydrogen-bond donors (Lipinski definition) is 1. The highest BCUT2D eigenvalue weighted by Crippen LogP contribution is 2.40. The summed E-state index contributed by atoms with van der Waals surface area (Å²) in [4.78, 5) is 0. The van der Waals surface area contributed by atoms with Gasteiger partial charge in [-0.15, -0.1) is 0 Å². The number of rotatable bonds is 0. The van der Waals surface area contributed by atoms with Gasteiger partial charge < -0.3 is 10.1 Å². The smallest absolute Gasteiger partial charge is 0.157 e. The minimum absolute atomic E-state index is 0.144. The van der Waals surface area contributed by atoms with E-state index in [1.165, 1.54) is 0 Å². The molecule has 1 aliphatic rings. The Morgan fingerprint density at radius 3 is 2.93 bits per heavy atom. The Hall–Kier alpha value is -0.410. The van der Waals surface area contributed by atoms with Crippen molar-refractivity contribution in [3.8, 4) is 5.75 Å². The van der Waals surface area contributed by atoms with Crippen molar-refractivity contribution in [3.63, 3.8) is 0 Å². The fourth-order valence-electron chi connectivity index (χ4n) is 1.62. The molecule has 2 nitrogen and oxygen atoms in total. The first-order chi connectivity index (χ1) is 6.98. The van der Waals surface area contributed by atoms with Crippen molar-refractivity contribution in [1.82, 2.24) is 0 Å². The lowest BCUT2D eigenvalue weighted by Gasteiger charge is -2.24. The zero-order chi connectivity index (χ0) is 11.1. The van der Waals surface area contributed by atoms with Gasteiger partial charge in [0.25, 0.3) is 0 Å². The summed E-state index contributed by atoms with van der Waals surface area (Å²) < 4.78 is 6.86. The quantitative estimate of drug-likeness (QED) is 0.777. The van der Waals surface area contributed by atoms with Gasteiger partial charge >= 0.3 is 0 Å². The van der Waals surface area contributed by atoms with Gasteiger partial charge in [0.05, 0.1) is 10.2 Å². The van der Waals surface area contributed by atoms with Crippen molar-refractivity contribution in [1.29, 1.82) is 0 Å². The molecule has 0 bridgehead atoms. The van der Waals surface area contributed by atoms with Gasteiger partial charge in [0, 0.05) is 18.0 Å². The molecule has 1 aliphatic heterocycles. The van der Waals surface area contributed by atoms with Gasteiger partial charge in [0.1, 0.15) is 5.60 Å². The van der Waals surface area contributed by atoms with E-state index in [0.717, 1.165) is 28.9 Å². The van der Waals surface area contributed by atoms with E-state index in [9.17, 15) is 0 Å². The molecule has 15 heavy (non-hydrogen) atoms. The van der Waals surface area contributed by atoms with E-state index in [-0.39, 0.29) is 5.60 Å². The molecule has 4 heteroatoms. The second-order valence-corrected chi connectivity index (χ2v) is 5.59. The topological polar surface area (TPSA) is 21.3 Å². The van der Waals surface area contributed by atoms with Gasteiger partial charge in [-0.1, -0.05) is 11.6 Å². The predicted octanol–water partition coefficient (Wildman–Crippen LogP) is 4.08. The Balaban J connectivity index is 2.47. The summed E-state index contributed by atoms with van der Waals surface area (Å²) in [5.41, 5.74) is 0.814. The molecule has 0 aromatic heterocycles. The fourth-order valence-corrected chi connectivity index (χ4v) is 2.51. The highest BCUT2D eigenvalue weighted by molar-refractivity contribution is 9.10. The van der Waals surface area contributed by atoms with Crippen molar-refractivity contribution >= 4 is 33.2 Å². The molecule has 0 atom stereocenters. The van der Waals surface area contributed by atoms with Crippen LogP contribution in [0.1, 0.15) is 20.3 Å². The number of hydrogen-bond acceptors (Lipinski definition) is 2. The summed E-state index contributed by atoms with van der Waals surface area (Å²) >= 11 is 9.45. The van der Waals surface area contributed by atoms with E-state index in [0.29, 0.717) is 5.02 Å². The standard InChI is InChI=1S/C11H13BrClNO/c1-11(2)3-4-14-9-6-7(13)5-8(12)10(9)15-11/h5-6,14H,3-4H2,1-2H3. The molecule has 0 saturated carbocycles. The Morgan fingerprint density at radius 1 is 1.47 bits per heavy atom. The molecular weight excluding hydrogens is 277 g/mol. The van der Waals surface area contributed by atoms with Crippen LogP contribution in [-0.4, -0.2) is 12.1 Å². The average Bonchev–Trinajstić information content (AvgIpc) is 2.23. The largest absolute Gasteiger partial charge is 0.484 e. The van der Waals surface area contributed by atoms with Crippen LogP contribution in [0.15, 0.2) is 16.6 Å². The number of anilines is 1. The van der Waals surface area contributed by atoms with Crippen LogP contribution in [0.5, 0.6) is 5.75 Å². The van der Waals surface area contributed by atoms with Gasteiger partial charge in [0.15, 0.2) is 5.75 Å². The first kappa shape index (κ1) is 11.1. The summed E-state index contributed by atoms with van der Waals surface area (Å²) in [7, 11) is 0. The minimum Gasteiger partial charge on any atom is -0.484 e. The van der Waals surface area contributed by atoms with Crippen molar-refractivity contribution in [2.45, 2.75) is 25.9 Å². The zero-order valence-electron chi connectivity index (χ0n) is 8.73. The number of benzene rings is 1. The number of halogens is 2. The van der Waals surface area contributed by atoms with E-state index < -0.39 is 0 Å². The summed E-state index contributed by atoms with van der Waals surface area (Å²) in [6.45, 7) is 5.07. The zero-order valence-corrected chi connectivity index (χ0v) is 11.1. The van der Waals surface area contributed by atoms with Crippen LogP contribution in [0.25, 0.3) is 0 Å². The third kappa shape index (κ3) is 2.40. The minimum atomic E-state index is -0.144. The molecule has 1 N–H and O–H groups in total. The second kappa shape index (κ2) is 3.87. The molecule has 0 radical (unpaired) electrons.